The lowest BCUT2D eigenvalue weighted by Gasteiger charge is -2.19. The quantitative estimate of drug-likeness (QED) is 0.731. The van der Waals surface area contributed by atoms with Gasteiger partial charge in [-0.05, 0) is 49.3 Å². The number of carbonyl (C=O) groups is 1. The van der Waals surface area contributed by atoms with Crippen LogP contribution in [0.3, 0.4) is 0 Å². The Kier molecular flexibility index (Phi) is 5.91. The minimum atomic E-state index is -0.512. The van der Waals surface area contributed by atoms with Crippen molar-refractivity contribution in [3.05, 3.63) is 29.6 Å². The summed E-state index contributed by atoms with van der Waals surface area (Å²) in [6.45, 7) is 3.62. The average molecular weight is 350 g/mol. The summed E-state index contributed by atoms with van der Waals surface area (Å²) in [5.41, 5.74) is 0.339. The number of halogens is 1. The molecule has 3 rings (SSSR count). The Morgan fingerprint density at radius 3 is 2.76 bits per heavy atom. The summed E-state index contributed by atoms with van der Waals surface area (Å²) in [6.07, 6.45) is 3.50. The molecule has 0 spiro atoms. The van der Waals surface area contributed by atoms with Gasteiger partial charge in [0.25, 0.3) is 5.91 Å². The number of amides is 1. The Labute approximate surface area is 148 Å². The number of nitrogens with zero attached hydrogens (tertiary/aromatic N) is 1. The number of ether oxygens (including phenoxy) is 2. The third-order valence-corrected chi connectivity index (χ3v) is 5.22. The number of hydrogen-bond donors (Lipinski definition) is 1. The lowest BCUT2D eigenvalue weighted by Crippen LogP contribution is -2.41. The molecule has 1 N–H and O–H groups in total. The zero-order valence-electron chi connectivity index (χ0n) is 15.0. The predicted octanol–water partition coefficient (Wildman–Crippen LogP) is 2.31. The third kappa shape index (κ3) is 4.50. The van der Waals surface area contributed by atoms with Crippen molar-refractivity contribution in [3.63, 3.8) is 0 Å². The lowest BCUT2D eigenvalue weighted by molar-refractivity contribution is 0.0927. The molecule has 1 heterocycles. The molecule has 1 saturated carbocycles. The van der Waals surface area contributed by atoms with E-state index in [1.165, 1.54) is 32.1 Å². The first kappa shape index (κ1) is 18.1. The lowest BCUT2D eigenvalue weighted by atomic mass is 9.98. The van der Waals surface area contributed by atoms with Gasteiger partial charge in [-0.2, -0.15) is 0 Å². The molecule has 1 amide bonds. The molecule has 0 aromatic heterocycles. The number of carbonyl (C=O) groups excluding carboxylic acids is 1. The van der Waals surface area contributed by atoms with Crippen LogP contribution in [0.25, 0.3) is 0 Å². The van der Waals surface area contributed by atoms with E-state index in [2.05, 4.69) is 10.2 Å². The summed E-state index contributed by atoms with van der Waals surface area (Å²) < 4.78 is 23.9. The molecule has 1 saturated heterocycles. The maximum atomic E-state index is 13.8. The Morgan fingerprint density at radius 1 is 1.32 bits per heavy atom. The summed E-state index contributed by atoms with van der Waals surface area (Å²) >= 11 is 0. The molecule has 6 heteroatoms. The molecule has 0 unspecified atom stereocenters. The highest BCUT2D eigenvalue weighted by Gasteiger charge is 2.42. The zero-order valence-corrected chi connectivity index (χ0v) is 15.0. The Balaban J connectivity index is 1.61. The fraction of sp³-hybridized carbons (Fsp3) is 0.632. The van der Waals surface area contributed by atoms with E-state index in [1.54, 1.807) is 13.2 Å². The summed E-state index contributed by atoms with van der Waals surface area (Å²) in [5.74, 6) is 0.634. The van der Waals surface area contributed by atoms with Crippen LogP contribution in [0.5, 0.6) is 5.75 Å². The fourth-order valence-corrected chi connectivity index (χ4v) is 3.74. The van der Waals surface area contributed by atoms with Crippen LogP contribution in [-0.4, -0.2) is 57.3 Å². The normalized spacial score (nSPS) is 23.6. The standard InChI is InChI=1S/C19H27FN2O3/c1-24-9-3-8-22-11-15(13-4-5-13)17(12-22)21-19(23)14-6-7-18(25-2)16(20)10-14/h6-7,10,13,15,17H,3-5,8-9,11-12H2,1-2H3,(H,21,23)/t15-,17+/m1/s1. The van der Waals surface area contributed by atoms with Crippen molar-refractivity contribution in [2.75, 3.05) is 40.5 Å². The molecule has 5 nitrogen and oxygen atoms in total. The van der Waals surface area contributed by atoms with Gasteiger partial charge in [0.1, 0.15) is 0 Å². The second-order valence-electron chi connectivity index (χ2n) is 7.04. The van der Waals surface area contributed by atoms with E-state index in [0.717, 1.165) is 32.7 Å². The molecular weight excluding hydrogens is 323 g/mol. The van der Waals surface area contributed by atoms with Gasteiger partial charge in [0.05, 0.1) is 7.11 Å². The summed E-state index contributed by atoms with van der Waals surface area (Å²) in [5, 5.41) is 3.13. The van der Waals surface area contributed by atoms with Gasteiger partial charge >= 0.3 is 0 Å². The Morgan fingerprint density at radius 2 is 2.12 bits per heavy atom. The zero-order chi connectivity index (χ0) is 17.8. The van der Waals surface area contributed by atoms with Gasteiger partial charge < -0.3 is 19.7 Å². The van der Waals surface area contributed by atoms with Crippen LogP contribution >= 0.6 is 0 Å². The molecule has 138 valence electrons. The van der Waals surface area contributed by atoms with Gasteiger partial charge in [-0.3, -0.25) is 4.79 Å². The maximum absolute atomic E-state index is 13.8. The van der Waals surface area contributed by atoms with Crippen molar-refractivity contribution in [3.8, 4) is 5.75 Å². The minimum Gasteiger partial charge on any atom is -0.494 e. The predicted molar refractivity (Wildman–Crippen MR) is 93.4 cm³/mol. The van der Waals surface area contributed by atoms with Crippen LogP contribution in [0, 0.1) is 17.7 Å². The molecule has 1 aliphatic heterocycles. The highest BCUT2D eigenvalue weighted by Crippen LogP contribution is 2.41. The van der Waals surface area contributed by atoms with Crippen molar-refractivity contribution in [2.45, 2.75) is 25.3 Å². The van der Waals surface area contributed by atoms with Gasteiger partial charge in [-0.25, -0.2) is 4.39 Å². The number of nitrogens with one attached hydrogen (secondary N) is 1. The fourth-order valence-electron chi connectivity index (χ4n) is 3.74. The molecule has 1 aliphatic carbocycles. The average Bonchev–Trinajstić information content (AvgIpc) is 3.37. The van der Waals surface area contributed by atoms with Crippen LogP contribution < -0.4 is 10.1 Å². The van der Waals surface area contributed by atoms with E-state index in [1.807, 2.05) is 0 Å². The monoisotopic (exact) mass is 350 g/mol. The van der Waals surface area contributed by atoms with Crippen LogP contribution in [0.1, 0.15) is 29.6 Å². The van der Waals surface area contributed by atoms with E-state index in [4.69, 9.17) is 9.47 Å². The van der Waals surface area contributed by atoms with Crippen molar-refractivity contribution >= 4 is 5.91 Å². The summed E-state index contributed by atoms with van der Waals surface area (Å²) in [6, 6.07) is 4.47. The summed E-state index contributed by atoms with van der Waals surface area (Å²) in [4.78, 5) is 15.0. The SMILES string of the molecule is COCCCN1C[C@H](NC(=O)c2ccc(OC)c(F)c2)[C@@H](C2CC2)C1. The molecule has 0 bridgehead atoms. The number of methoxy groups -OCH3 is 2. The van der Waals surface area contributed by atoms with E-state index < -0.39 is 5.82 Å². The third-order valence-electron chi connectivity index (χ3n) is 5.22. The molecule has 1 aromatic rings. The van der Waals surface area contributed by atoms with Crippen LogP contribution in [0.15, 0.2) is 18.2 Å². The highest BCUT2D eigenvalue weighted by molar-refractivity contribution is 5.94. The van der Waals surface area contributed by atoms with Gasteiger partial charge in [0, 0.05) is 45.0 Å². The van der Waals surface area contributed by atoms with Crippen LogP contribution in [-0.2, 0) is 4.74 Å². The van der Waals surface area contributed by atoms with Crippen molar-refractivity contribution in [1.82, 2.24) is 10.2 Å². The number of likely N-dealkylation sites (tertiary alicyclic amines) is 1. The first-order valence-corrected chi connectivity index (χ1v) is 8.98. The summed E-state index contributed by atoms with van der Waals surface area (Å²) in [7, 11) is 3.13. The van der Waals surface area contributed by atoms with E-state index in [0.29, 0.717) is 17.4 Å². The Bertz CT molecular complexity index is 606. The van der Waals surface area contributed by atoms with Crippen LogP contribution in [0.4, 0.5) is 4.39 Å². The minimum absolute atomic E-state index is 0.132. The molecule has 0 radical (unpaired) electrons. The van der Waals surface area contributed by atoms with Crippen molar-refractivity contribution in [1.29, 1.82) is 0 Å². The second kappa shape index (κ2) is 8.15. The van der Waals surface area contributed by atoms with Gasteiger partial charge in [0.2, 0.25) is 0 Å². The Hall–Kier alpha value is -1.66. The number of hydrogen-bond acceptors (Lipinski definition) is 4. The van der Waals surface area contributed by atoms with Gasteiger partial charge in [0.15, 0.2) is 11.6 Å². The maximum Gasteiger partial charge on any atom is 0.251 e. The molecule has 2 fully saturated rings. The van der Waals surface area contributed by atoms with Gasteiger partial charge in [-0.15, -0.1) is 0 Å². The molecule has 2 aliphatic rings. The van der Waals surface area contributed by atoms with Gasteiger partial charge in [-0.1, -0.05) is 0 Å². The second-order valence-corrected chi connectivity index (χ2v) is 7.04. The molecule has 1 aromatic carbocycles. The van der Waals surface area contributed by atoms with Crippen molar-refractivity contribution in [2.24, 2.45) is 11.8 Å². The largest absolute Gasteiger partial charge is 0.494 e. The number of rotatable bonds is 8. The first-order valence-electron chi connectivity index (χ1n) is 8.98. The smallest absolute Gasteiger partial charge is 0.251 e. The highest BCUT2D eigenvalue weighted by atomic mass is 19.1. The van der Waals surface area contributed by atoms with Crippen molar-refractivity contribution < 1.29 is 18.7 Å². The molecule has 2 atom stereocenters. The van der Waals surface area contributed by atoms with E-state index >= 15 is 0 Å². The topological polar surface area (TPSA) is 50.8 Å². The first-order chi connectivity index (χ1) is 12.1. The number of benzene rings is 1. The molecule has 25 heavy (non-hydrogen) atoms. The van der Waals surface area contributed by atoms with E-state index in [-0.39, 0.29) is 17.7 Å². The van der Waals surface area contributed by atoms with Crippen LogP contribution in [0.2, 0.25) is 0 Å². The van der Waals surface area contributed by atoms with E-state index in [9.17, 15) is 9.18 Å². The molecular formula is C19H27FN2O3.